The highest BCUT2D eigenvalue weighted by molar-refractivity contribution is 5.98. The quantitative estimate of drug-likeness (QED) is 0.829. The van der Waals surface area contributed by atoms with Gasteiger partial charge in [0, 0.05) is 11.8 Å². The van der Waals surface area contributed by atoms with Crippen molar-refractivity contribution >= 4 is 5.97 Å². The Bertz CT molecular complexity index is 564. The molecule has 0 aliphatic heterocycles. The molecular formula is C13H11NO3. The Morgan fingerprint density at radius 1 is 1.24 bits per heavy atom. The Morgan fingerprint density at radius 2 is 1.88 bits per heavy atom. The third-order valence-corrected chi connectivity index (χ3v) is 2.53. The molecule has 0 unspecified atom stereocenters. The highest BCUT2D eigenvalue weighted by Gasteiger charge is 2.18. The molecule has 0 atom stereocenters. The molecule has 2 aromatic rings. The fourth-order valence-electron chi connectivity index (χ4n) is 1.65. The van der Waals surface area contributed by atoms with Crippen LogP contribution in [0, 0.1) is 6.92 Å². The van der Waals surface area contributed by atoms with Crippen LogP contribution in [0.5, 0.6) is 5.75 Å². The number of carbonyl (C=O) groups is 1. The summed E-state index contributed by atoms with van der Waals surface area (Å²) >= 11 is 0. The molecule has 0 saturated heterocycles. The van der Waals surface area contributed by atoms with Gasteiger partial charge in [0.25, 0.3) is 0 Å². The third kappa shape index (κ3) is 1.97. The second kappa shape index (κ2) is 4.25. The molecular weight excluding hydrogens is 218 g/mol. The summed E-state index contributed by atoms with van der Waals surface area (Å²) < 4.78 is 0. The van der Waals surface area contributed by atoms with Crippen LogP contribution in [0.25, 0.3) is 11.1 Å². The Hall–Kier alpha value is -2.36. The van der Waals surface area contributed by atoms with Crippen molar-refractivity contribution in [2.75, 3.05) is 0 Å². The zero-order valence-electron chi connectivity index (χ0n) is 9.21. The second-order valence-corrected chi connectivity index (χ2v) is 3.65. The van der Waals surface area contributed by atoms with Gasteiger partial charge in [0.15, 0.2) is 5.75 Å². The molecule has 0 aliphatic carbocycles. The number of hydrogen-bond donors (Lipinski definition) is 2. The number of aryl methyl sites for hydroxylation is 1. The number of aromatic nitrogens is 1. The first-order valence-electron chi connectivity index (χ1n) is 5.08. The van der Waals surface area contributed by atoms with Crippen molar-refractivity contribution in [1.29, 1.82) is 0 Å². The van der Waals surface area contributed by atoms with E-state index >= 15 is 0 Å². The Kier molecular flexibility index (Phi) is 2.78. The second-order valence-electron chi connectivity index (χ2n) is 3.65. The Labute approximate surface area is 98.2 Å². The predicted octanol–water partition coefficient (Wildman–Crippen LogP) is 2.46. The molecule has 1 aromatic carbocycles. The molecule has 86 valence electrons. The minimum atomic E-state index is -1.16. The zero-order chi connectivity index (χ0) is 12.4. The van der Waals surface area contributed by atoms with E-state index in [1.54, 1.807) is 31.2 Å². The minimum absolute atomic E-state index is 0.108. The van der Waals surface area contributed by atoms with Gasteiger partial charge in [-0.2, -0.15) is 0 Å². The topological polar surface area (TPSA) is 70.4 Å². The molecule has 0 fully saturated rings. The van der Waals surface area contributed by atoms with Gasteiger partial charge in [-0.3, -0.25) is 4.98 Å². The predicted molar refractivity (Wildman–Crippen MR) is 63.0 cm³/mol. The van der Waals surface area contributed by atoms with E-state index in [0.717, 1.165) is 0 Å². The molecule has 0 amide bonds. The van der Waals surface area contributed by atoms with E-state index in [1.165, 1.54) is 6.20 Å². The normalized spacial score (nSPS) is 10.2. The largest absolute Gasteiger partial charge is 0.505 e. The van der Waals surface area contributed by atoms with Crippen molar-refractivity contribution in [3.05, 3.63) is 47.8 Å². The number of rotatable bonds is 2. The SMILES string of the molecule is Cc1ncc(-c2ccccc2)c(C(=O)O)c1O. The summed E-state index contributed by atoms with van der Waals surface area (Å²) in [4.78, 5) is 15.2. The van der Waals surface area contributed by atoms with E-state index in [-0.39, 0.29) is 11.3 Å². The Morgan fingerprint density at radius 3 is 2.47 bits per heavy atom. The highest BCUT2D eigenvalue weighted by Crippen LogP contribution is 2.30. The molecule has 2 N–H and O–H groups in total. The molecule has 2 rings (SSSR count). The average molecular weight is 229 g/mol. The van der Waals surface area contributed by atoms with Gasteiger partial charge in [-0.15, -0.1) is 0 Å². The van der Waals surface area contributed by atoms with E-state index in [9.17, 15) is 9.90 Å². The fraction of sp³-hybridized carbons (Fsp3) is 0.0769. The van der Waals surface area contributed by atoms with Crippen molar-refractivity contribution in [3.8, 4) is 16.9 Å². The van der Waals surface area contributed by atoms with Gasteiger partial charge < -0.3 is 10.2 Å². The number of carboxylic acid groups (broad SMARTS) is 1. The number of benzene rings is 1. The number of pyridine rings is 1. The van der Waals surface area contributed by atoms with Gasteiger partial charge in [-0.1, -0.05) is 30.3 Å². The number of nitrogens with zero attached hydrogens (tertiary/aromatic N) is 1. The van der Waals surface area contributed by atoms with Crippen LogP contribution in [0.15, 0.2) is 36.5 Å². The van der Waals surface area contributed by atoms with Crippen molar-refractivity contribution in [3.63, 3.8) is 0 Å². The molecule has 0 spiro atoms. The summed E-state index contributed by atoms with van der Waals surface area (Å²) in [7, 11) is 0. The van der Waals surface area contributed by atoms with Gasteiger partial charge in [-0.05, 0) is 12.5 Å². The third-order valence-electron chi connectivity index (χ3n) is 2.53. The zero-order valence-corrected chi connectivity index (χ0v) is 9.21. The monoisotopic (exact) mass is 229 g/mol. The van der Waals surface area contributed by atoms with Crippen molar-refractivity contribution in [2.45, 2.75) is 6.92 Å². The number of aromatic carboxylic acids is 1. The van der Waals surface area contributed by atoms with Crippen molar-refractivity contribution in [1.82, 2.24) is 4.98 Å². The van der Waals surface area contributed by atoms with Crippen LogP contribution in [0.1, 0.15) is 16.1 Å². The molecule has 4 heteroatoms. The smallest absolute Gasteiger partial charge is 0.340 e. The van der Waals surface area contributed by atoms with Gasteiger partial charge >= 0.3 is 5.97 Å². The van der Waals surface area contributed by atoms with Crippen molar-refractivity contribution in [2.24, 2.45) is 0 Å². The Balaban J connectivity index is 2.71. The molecule has 0 saturated carbocycles. The summed E-state index contributed by atoms with van der Waals surface area (Å²) in [6.45, 7) is 1.57. The lowest BCUT2D eigenvalue weighted by atomic mass is 10.0. The first-order chi connectivity index (χ1) is 8.11. The van der Waals surface area contributed by atoms with Crippen LogP contribution in [0.2, 0.25) is 0 Å². The van der Waals surface area contributed by atoms with Crippen LogP contribution in [0.3, 0.4) is 0 Å². The molecule has 0 bridgehead atoms. The van der Waals surface area contributed by atoms with Crippen LogP contribution in [0.4, 0.5) is 0 Å². The molecule has 17 heavy (non-hydrogen) atoms. The van der Waals surface area contributed by atoms with E-state index in [1.807, 2.05) is 6.07 Å². The highest BCUT2D eigenvalue weighted by atomic mass is 16.4. The minimum Gasteiger partial charge on any atom is -0.505 e. The van der Waals surface area contributed by atoms with E-state index in [0.29, 0.717) is 16.8 Å². The average Bonchev–Trinajstić information content (AvgIpc) is 2.33. The summed E-state index contributed by atoms with van der Waals surface area (Å²) in [5.74, 6) is -1.44. The van der Waals surface area contributed by atoms with E-state index < -0.39 is 5.97 Å². The standard InChI is InChI=1S/C13H11NO3/c1-8-12(15)11(13(16)17)10(7-14-8)9-5-3-2-4-6-9/h2-7,15H,1H3,(H,16,17). The van der Waals surface area contributed by atoms with Crippen LogP contribution < -0.4 is 0 Å². The molecule has 4 nitrogen and oxygen atoms in total. The first-order valence-corrected chi connectivity index (χ1v) is 5.08. The van der Waals surface area contributed by atoms with Crippen LogP contribution >= 0.6 is 0 Å². The summed E-state index contributed by atoms with van der Waals surface area (Å²) in [5.41, 5.74) is 1.33. The summed E-state index contributed by atoms with van der Waals surface area (Å²) in [6, 6.07) is 9.00. The van der Waals surface area contributed by atoms with E-state index in [2.05, 4.69) is 4.98 Å². The van der Waals surface area contributed by atoms with Crippen LogP contribution in [-0.4, -0.2) is 21.2 Å². The van der Waals surface area contributed by atoms with Crippen molar-refractivity contribution < 1.29 is 15.0 Å². The maximum absolute atomic E-state index is 11.2. The number of hydrogen-bond acceptors (Lipinski definition) is 3. The maximum atomic E-state index is 11.2. The lowest BCUT2D eigenvalue weighted by Crippen LogP contribution is -2.02. The first kappa shape index (κ1) is 11.1. The van der Waals surface area contributed by atoms with Gasteiger partial charge in [0.2, 0.25) is 0 Å². The van der Waals surface area contributed by atoms with Crippen LogP contribution in [-0.2, 0) is 0 Å². The number of carboxylic acids is 1. The summed E-state index contributed by atoms with van der Waals surface area (Å²) in [6.07, 6.45) is 1.47. The van der Waals surface area contributed by atoms with Gasteiger partial charge in [0.05, 0.1) is 5.69 Å². The number of aromatic hydroxyl groups is 1. The maximum Gasteiger partial charge on any atom is 0.340 e. The molecule has 0 aliphatic rings. The molecule has 1 aromatic heterocycles. The fourth-order valence-corrected chi connectivity index (χ4v) is 1.65. The van der Waals surface area contributed by atoms with E-state index in [4.69, 9.17) is 5.11 Å². The molecule has 1 heterocycles. The van der Waals surface area contributed by atoms with Gasteiger partial charge in [0.1, 0.15) is 5.56 Å². The molecule has 0 radical (unpaired) electrons. The van der Waals surface area contributed by atoms with Gasteiger partial charge in [-0.25, -0.2) is 4.79 Å². The lowest BCUT2D eigenvalue weighted by Gasteiger charge is -2.09. The lowest BCUT2D eigenvalue weighted by molar-refractivity contribution is 0.0694. The summed E-state index contributed by atoms with van der Waals surface area (Å²) in [5, 5.41) is 18.9.